The van der Waals surface area contributed by atoms with Crippen molar-refractivity contribution in [3.8, 4) is 5.75 Å². The number of carbonyl (C=O) groups excluding carboxylic acids is 1. The van der Waals surface area contributed by atoms with E-state index < -0.39 is 5.97 Å². The highest BCUT2D eigenvalue weighted by Crippen LogP contribution is 2.45. The lowest BCUT2D eigenvalue weighted by molar-refractivity contribution is 0.0735. The molecule has 1 aliphatic rings. The lowest BCUT2D eigenvalue weighted by atomic mass is 10.2. The number of thioether (sulfide) groups is 2. The highest BCUT2D eigenvalue weighted by Gasteiger charge is 2.18. The Balaban J connectivity index is 1.69. The Kier molecular flexibility index (Phi) is 5.24. The van der Waals surface area contributed by atoms with Gasteiger partial charge in [-0.25, -0.2) is 4.79 Å². The van der Waals surface area contributed by atoms with Crippen LogP contribution in [-0.4, -0.2) is 17.5 Å². The van der Waals surface area contributed by atoms with Crippen LogP contribution in [0.2, 0.25) is 10.0 Å². The van der Waals surface area contributed by atoms with Crippen LogP contribution in [0.4, 0.5) is 0 Å². The molecular weight excluding hydrogens is 359 g/mol. The van der Waals surface area contributed by atoms with E-state index in [1.165, 1.54) is 23.1 Å². The third-order valence-corrected chi connectivity index (χ3v) is 6.98. The lowest BCUT2D eigenvalue weighted by Gasteiger charge is -2.09. The summed E-state index contributed by atoms with van der Waals surface area (Å²) >= 11 is 15.6. The molecule has 0 saturated carbocycles. The summed E-state index contributed by atoms with van der Waals surface area (Å²) in [5.41, 5.74) is 1.63. The Hall–Kier alpha value is -0.810. The van der Waals surface area contributed by atoms with Gasteiger partial charge in [-0.1, -0.05) is 35.3 Å². The molecule has 1 aliphatic heterocycles. The van der Waals surface area contributed by atoms with Gasteiger partial charge in [0.15, 0.2) is 0 Å². The van der Waals surface area contributed by atoms with Gasteiger partial charge in [-0.2, -0.15) is 0 Å². The summed E-state index contributed by atoms with van der Waals surface area (Å²) in [7, 11) is 0. The van der Waals surface area contributed by atoms with E-state index in [2.05, 4.69) is 0 Å². The van der Waals surface area contributed by atoms with Gasteiger partial charge in [-0.3, -0.25) is 0 Å². The fourth-order valence-corrected chi connectivity index (χ4v) is 5.19. The molecule has 0 aliphatic carbocycles. The molecule has 1 heterocycles. The van der Waals surface area contributed by atoms with Crippen LogP contribution in [0.3, 0.4) is 0 Å². The van der Waals surface area contributed by atoms with Crippen molar-refractivity contribution in [2.75, 3.05) is 11.5 Å². The van der Waals surface area contributed by atoms with E-state index in [1.807, 2.05) is 47.8 Å². The maximum absolute atomic E-state index is 12.1. The standard InChI is InChI=1S/C16H12Cl2O2S2/c17-13-6-3-11(9-14(13)18)15(19)20-12-4-1-10(2-5-12)16-21-7-8-22-16/h1-6,9,16H,7-8H2. The molecule has 3 rings (SSSR count). The van der Waals surface area contributed by atoms with Gasteiger partial charge < -0.3 is 4.74 Å². The van der Waals surface area contributed by atoms with Crippen molar-refractivity contribution in [1.29, 1.82) is 0 Å². The molecule has 2 aromatic carbocycles. The van der Waals surface area contributed by atoms with Gasteiger partial charge in [0, 0.05) is 11.5 Å². The fourth-order valence-electron chi connectivity index (χ4n) is 2.03. The molecule has 0 aromatic heterocycles. The zero-order valence-electron chi connectivity index (χ0n) is 11.4. The molecule has 2 nitrogen and oxygen atoms in total. The van der Waals surface area contributed by atoms with Crippen LogP contribution in [0.25, 0.3) is 0 Å². The minimum absolute atomic E-state index is 0.335. The second kappa shape index (κ2) is 7.18. The predicted molar refractivity (Wildman–Crippen MR) is 95.5 cm³/mol. The highest BCUT2D eigenvalue weighted by atomic mass is 35.5. The summed E-state index contributed by atoms with van der Waals surface area (Å²) in [6.45, 7) is 0. The van der Waals surface area contributed by atoms with Crippen LogP contribution >= 0.6 is 46.7 Å². The summed E-state index contributed by atoms with van der Waals surface area (Å²) in [6.07, 6.45) is 0. The van der Waals surface area contributed by atoms with Gasteiger partial charge in [0.25, 0.3) is 0 Å². The van der Waals surface area contributed by atoms with E-state index in [1.54, 1.807) is 12.1 Å². The van der Waals surface area contributed by atoms with Crippen molar-refractivity contribution in [1.82, 2.24) is 0 Å². The van der Waals surface area contributed by atoms with Crippen molar-refractivity contribution in [3.63, 3.8) is 0 Å². The Morgan fingerprint density at radius 1 is 1.00 bits per heavy atom. The number of ether oxygens (including phenoxy) is 1. The molecule has 114 valence electrons. The molecule has 0 spiro atoms. The second-order valence-corrected chi connectivity index (χ2v) is 8.20. The van der Waals surface area contributed by atoms with Crippen molar-refractivity contribution in [3.05, 3.63) is 63.6 Å². The van der Waals surface area contributed by atoms with Crippen LogP contribution in [0.1, 0.15) is 20.5 Å². The SMILES string of the molecule is O=C(Oc1ccc(C2SCCS2)cc1)c1ccc(Cl)c(Cl)c1. The average Bonchev–Trinajstić information content (AvgIpc) is 3.05. The maximum Gasteiger partial charge on any atom is 0.343 e. The number of carbonyl (C=O) groups is 1. The zero-order chi connectivity index (χ0) is 15.5. The summed E-state index contributed by atoms with van der Waals surface area (Å²) in [5.74, 6) is 2.44. The second-order valence-electron chi connectivity index (χ2n) is 4.66. The Morgan fingerprint density at radius 2 is 1.68 bits per heavy atom. The van der Waals surface area contributed by atoms with E-state index >= 15 is 0 Å². The fraction of sp³-hybridized carbons (Fsp3) is 0.188. The molecule has 0 radical (unpaired) electrons. The first-order chi connectivity index (χ1) is 10.6. The first-order valence-corrected chi connectivity index (χ1v) is 9.49. The van der Waals surface area contributed by atoms with E-state index in [9.17, 15) is 4.79 Å². The van der Waals surface area contributed by atoms with Crippen LogP contribution in [-0.2, 0) is 0 Å². The third kappa shape index (κ3) is 3.74. The van der Waals surface area contributed by atoms with Gasteiger partial charge in [-0.05, 0) is 35.9 Å². The molecule has 0 unspecified atom stereocenters. The van der Waals surface area contributed by atoms with Crippen molar-refractivity contribution < 1.29 is 9.53 Å². The molecule has 0 atom stereocenters. The summed E-state index contributed by atoms with van der Waals surface area (Å²) < 4.78 is 5.84. The van der Waals surface area contributed by atoms with E-state index in [4.69, 9.17) is 27.9 Å². The van der Waals surface area contributed by atoms with Gasteiger partial charge in [-0.15, -0.1) is 23.5 Å². The first kappa shape index (κ1) is 16.1. The van der Waals surface area contributed by atoms with E-state index in [-0.39, 0.29) is 0 Å². The maximum atomic E-state index is 12.1. The summed E-state index contributed by atoms with van der Waals surface area (Å²) in [6, 6.07) is 12.3. The molecular formula is C16H12Cl2O2S2. The largest absolute Gasteiger partial charge is 0.423 e. The highest BCUT2D eigenvalue weighted by molar-refractivity contribution is 8.19. The Bertz CT molecular complexity index is 683. The van der Waals surface area contributed by atoms with Crippen LogP contribution in [0.15, 0.2) is 42.5 Å². The van der Waals surface area contributed by atoms with E-state index in [0.29, 0.717) is 25.9 Å². The van der Waals surface area contributed by atoms with Crippen LogP contribution in [0, 0.1) is 0 Å². The third-order valence-electron chi connectivity index (χ3n) is 3.14. The lowest BCUT2D eigenvalue weighted by Crippen LogP contribution is -2.08. The normalized spacial score (nSPS) is 15.0. The number of rotatable bonds is 3. The molecule has 1 fully saturated rings. The summed E-state index contributed by atoms with van der Waals surface area (Å²) in [5, 5.41) is 0.746. The topological polar surface area (TPSA) is 26.3 Å². The molecule has 2 aromatic rings. The number of hydrogen-bond donors (Lipinski definition) is 0. The molecule has 1 saturated heterocycles. The number of hydrogen-bond acceptors (Lipinski definition) is 4. The van der Waals surface area contributed by atoms with E-state index in [0.717, 1.165) is 0 Å². The summed E-state index contributed by atoms with van der Waals surface area (Å²) in [4.78, 5) is 12.1. The van der Waals surface area contributed by atoms with Gasteiger partial charge >= 0.3 is 5.97 Å². The van der Waals surface area contributed by atoms with Crippen molar-refractivity contribution in [2.45, 2.75) is 4.58 Å². The number of esters is 1. The van der Waals surface area contributed by atoms with Crippen molar-refractivity contribution >= 4 is 52.7 Å². The molecule has 0 amide bonds. The van der Waals surface area contributed by atoms with Gasteiger partial charge in [0.05, 0.1) is 20.2 Å². The Labute approximate surface area is 147 Å². The molecule has 22 heavy (non-hydrogen) atoms. The Morgan fingerprint density at radius 3 is 2.32 bits per heavy atom. The average molecular weight is 371 g/mol. The first-order valence-electron chi connectivity index (χ1n) is 6.64. The predicted octanol–water partition coefficient (Wildman–Crippen LogP) is 5.69. The zero-order valence-corrected chi connectivity index (χ0v) is 14.6. The van der Waals surface area contributed by atoms with Gasteiger partial charge in [0.2, 0.25) is 0 Å². The van der Waals surface area contributed by atoms with Crippen LogP contribution < -0.4 is 4.74 Å². The minimum Gasteiger partial charge on any atom is -0.423 e. The quantitative estimate of drug-likeness (QED) is 0.511. The van der Waals surface area contributed by atoms with Gasteiger partial charge in [0.1, 0.15) is 5.75 Å². The number of benzene rings is 2. The smallest absolute Gasteiger partial charge is 0.343 e. The number of halogens is 2. The van der Waals surface area contributed by atoms with Crippen molar-refractivity contribution in [2.24, 2.45) is 0 Å². The molecule has 0 N–H and O–H groups in total. The molecule has 6 heteroatoms. The minimum atomic E-state index is -0.448. The molecule has 0 bridgehead atoms. The monoisotopic (exact) mass is 370 g/mol. The van der Waals surface area contributed by atoms with Crippen LogP contribution in [0.5, 0.6) is 5.75 Å².